The third-order valence-corrected chi connectivity index (χ3v) is 3.92. The quantitative estimate of drug-likeness (QED) is 0.575. The Balaban J connectivity index is 1.74. The van der Waals surface area contributed by atoms with Crippen LogP contribution >= 0.6 is 0 Å². The van der Waals surface area contributed by atoms with Gasteiger partial charge >= 0.3 is 5.97 Å². The second kappa shape index (κ2) is 10.9. The van der Waals surface area contributed by atoms with Gasteiger partial charge in [0.25, 0.3) is 0 Å². The number of anilines is 1. The van der Waals surface area contributed by atoms with Crippen LogP contribution in [0, 0.1) is 0 Å². The van der Waals surface area contributed by atoms with Crippen molar-refractivity contribution >= 4 is 17.6 Å². The van der Waals surface area contributed by atoms with Crippen molar-refractivity contribution in [3.63, 3.8) is 0 Å². The molecule has 1 atom stereocenters. The van der Waals surface area contributed by atoms with E-state index in [2.05, 4.69) is 5.32 Å². The summed E-state index contributed by atoms with van der Waals surface area (Å²) in [6.07, 6.45) is 0.110. The number of methoxy groups -OCH3 is 1. The molecule has 0 aromatic heterocycles. The molecule has 0 bridgehead atoms. The molecule has 2 N–H and O–H groups in total. The minimum Gasteiger partial charge on any atom is -0.493 e. The van der Waals surface area contributed by atoms with Gasteiger partial charge in [-0.1, -0.05) is 24.3 Å². The van der Waals surface area contributed by atoms with Crippen LogP contribution in [-0.2, 0) is 20.7 Å². The molecule has 28 heavy (non-hydrogen) atoms. The number of nitrogens with one attached hydrogen (secondary N) is 1. The van der Waals surface area contributed by atoms with Gasteiger partial charge in [0.2, 0.25) is 5.91 Å². The highest BCUT2D eigenvalue weighted by molar-refractivity contribution is 5.90. The third-order valence-electron chi connectivity index (χ3n) is 3.92. The van der Waals surface area contributed by atoms with Crippen LogP contribution in [0.25, 0.3) is 0 Å². The smallest absolute Gasteiger partial charge is 0.333 e. The number of para-hydroxylation sites is 2. The number of hydrogen-bond donors (Lipinski definition) is 2. The number of carboxylic acid groups (broad SMARTS) is 1. The Morgan fingerprint density at radius 3 is 2.36 bits per heavy atom. The summed E-state index contributed by atoms with van der Waals surface area (Å²) in [6, 6.07) is 14.5. The molecular formula is C21H25NO6. The van der Waals surface area contributed by atoms with Gasteiger partial charge in [0.15, 0.2) is 6.10 Å². The van der Waals surface area contributed by atoms with Gasteiger partial charge in [-0.15, -0.1) is 0 Å². The average molecular weight is 387 g/mol. The van der Waals surface area contributed by atoms with Crippen LogP contribution in [0.2, 0.25) is 0 Å². The highest BCUT2D eigenvalue weighted by Crippen LogP contribution is 2.23. The molecule has 2 aromatic rings. The number of ether oxygens (including phenoxy) is 3. The van der Waals surface area contributed by atoms with Crippen LogP contribution in [0.1, 0.15) is 18.9 Å². The van der Waals surface area contributed by atoms with Gasteiger partial charge in [0.1, 0.15) is 11.5 Å². The lowest BCUT2D eigenvalue weighted by Gasteiger charge is -2.12. The molecule has 0 fully saturated rings. The molecule has 0 saturated carbocycles. The first-order valence-electron chi connectivity index (χ1n) is 8.96. The van der Waals surface area contributed by atoms with Crippen molar-refractivity contribution in [1.82, 2.24) is 0 Å². The maximum absolute atomic E-state index is 11.2. The Bertz CT molecular complexity index is 775. The minimum atomic E-state index is -0.983. The Kier molecular flexibility index (Phi) is 8.30. The number of carbonyl (C=O) groups excluding carboxylic acids is 1. The van der Waals surface area contributed by atoms with Gasteiger partial charge in [-0.2, -0.15) is 0 Å². The van der Waals surface area contributed by atoms with E-state index < -0.39 is 12.1 Å². The van der Waals surface area contributed by atoms with Gasteiger partial charge in [0, 0.05) is 26.9 Å². The van der Waals surface area contributed by atoms with Crippen molar-refractivity contribution in [2.24, 2.45) is 0 Å². The first-order valence-corrected chi connectivity index (χ1v) is 8.96. The van der Waals surface area contributed by atoms with E-state index in [1.807, 2.05) is 24.3 Å². The first kappa shape index (κ1) is 21.2. The SMILES string of the molecule is CO[C@@H](Cc1ccc(OCCCOc2ccccc2NC(C)=O)cc1)C(=O)O. The van der Waals surface area contributed by atoms with Crippen LogP contribution in [0.3, 0.4) is 0 Å². The lowest BCUT2D eigenvalue weighted by Crippen LogP contribution is -2.24. The van der Waals surface area contributed by atoms with E-state index in [0.717, 1.165) is 5.56 Å². The monoisotopic (exact) mass is 387 g/mol. The van der Waals surface area contributed by atoms with Crippen LogP contribution in [0.15, 0.2) is 48.5 Å². The van der Waals surface area contributed by atoms with Gasteiger partial charge in [0.05, 0.1) is 18.9 Å². The Hall–Kier alpha value is -3.06. The summed E-state index contributed by atoms with van der Waals surface area (Å²) in [5, 5.41) is 11.7. The molecule has 0 radical (unpaired) electrons. The number of benzene rings is 2. The second-order valence-electron chi connectivity index (χ2n) is 6.14. The zero-order valence-corrected chi connectivity index (χ0v) is 16.0. The fourth-order valence-corrected chi connectivity index (χ4v) is 2.52. The minimum absolute atomic E-state index is 0.150. The first-order chi connectivity index (χ1) is 13.5. The number of carboxylic acids is 1. The lowest BCUT2D eigenvalue weighted by atomic mass is 10.1. The molecule has 7 heteroatoms. The molecule has 0 aliphatic carbocycles. The topological polar surface area (TPSA) is 94.1 Å². The number of aliphatic carboxylic acids is 1. The van der Waals surface area contributed by atoms with E-state index in [9.17, 15) is 9.59 Å². The van der Waals surface area contributed by atoms with Crippen molar-refractivity contribution < 1.29 is 28.9 Å². The van der Waals surface area contributed by atoms with E-state index in [1.165, 1.54) is 14.0 Å². The normalized spacial score (nSPS) is 11.5. The summed E-state index contributed by atoms with van der Waals surface area (Å²) in [6.45, 7) is 2.37. The van der Waals surface area contributed by atoms with Crippen molar-refractivity contribution in [2.45, 2.75) is 25.9 Å². The zero-order chi connectivity index (χ0) is 20.4. The zero-order valence-electron chi connectivity index (χ0n) is 16.0. The molecule has 0 aliphatic heterocycles. The Morgan fingerprint density at radius 1 is 1.04 bits per heavy atom. The van der Waals surface area contributed by atoms with E-state index >= 15 is 0 Å². The van der Waals surface area contributed by atoms with Crippen molar-refractivity contribution in [2.75, 3.05) is 25.6 Å². The molecule has 0 saturated heterocycles. The number of rotatable bonds is 11. The molecule has 0 spiro atoms. The second-order valence-corrected chi connectivity index (χ2v) is 6.14. The fraction of sp³-hybridized carbons (Fsp3) is 0.333. The third kappa shape index (κ3) is 6.92. The Morgan fingerprint density at radius 2 is 1.71 bits per heavy atom. The standard InChI is InChI=1S/C21H25NO6/c1-15(23)22-18-6-3-4-7-19(18)28-13-5-12-27-17-10-8-16(9-11-17)14-20(26-2)21(24)25/h3-4,6-11,20H,5,12-14H2,1-2H3,(H,22,23)(H,24,25)/t20-/m0/s1. The molecule has 0 aliphatic rings. The molecule has 7 nitrogen and oxygen atoms in total. The van der Waals surface area contributed by atoms with Crippen molar-refractivity contribution in [1.29, 1.82) is 0 Å². The summed E-state index contributed by atoms with van der Waals surface area (Å²) in [4.78, 5) is 22.2. The lowest BCUT2D eigenvalue weighted by molar-refractivity contribution is -0.148. The average Bonchev–Trinajstić information content (AvgIpc) is 2.67. The fourth-order valence-electron chi connectivity index (χ4n) is 2.52. The Labute approximate surface area is 164 Å². The summed E-state index contributed by atoms with van der Waals surface area (Å²) in [5.41, 5.74) is 1.50. The van der Waals surface area contributed by atoms with Gasteiger partial charge in [-0.3, -0.25) is 4.79 Å². The summed E-state index contributed by atoms with van der Waals surface area (Å²) >= 11 is 0. The predicted molar refractivity (Wildman–Crippen MR) is 105 cm³/mol. The van der Waals surface area contributed by atoms with Gasteiger partial charge in [-0.25, -0.2) is 4.79 Å². The van der Waals surface area contributed by atoms with E-state index in [-0.39, 0.29) is 5.91 Å². The van der Waals surface area contributed by atoms with Crippen molar-refractivity contribution in [3.05, 3.63) is 54.1 Å². The summed E-state index contributed by atoms with van der Waals surface area (Å²) in [7, 11) is 1.38. The van der Waals surface area contributed by atoms with Crippen LogP contribution in [0.4, 0.5) is 5.69 Å². The highest BCUT2D eigenvalue weighted by Gasteiger charge is 2.16. The molecule has 0 heterocycles. The van der Waals surface area contributed by atoms with Crippen molar-refractivity contribution in [3.8, 4) is 11.5 Å². The van der Waals surface area contributed by atoms with Crippen LogP contribution in [0.5, 0.6) is 11.5 Å². The van der Waals surface area contributed by atoms with E-state index in [1.54, 1.807) is 24.3 Å². The maximum atomic E-state index is 11.2. The summed E-state index contributed by atoms with van der Waals surface area (Å²) in [5.74, 6) is 0.186. The maximum Gasteiger partial charge on any atom is 0.333 e. The van der Waals surface area contributed by atoms with E-state index in [4.69, 9.17) is 19.3 Å². The summed E-state index contributed by atoms with van der Waals surface area (Å²) < 4.78 is 16.3. The van der Waals surface area contributed by atoms with Gasteiger partial charge in [-0.05, 0) is 29.8 Å². The molecule has 150 valence electrons. The van der Waals surface area contributed by atoms with Crippen LogP contribution < -0.4 is 14.8 Å². The number of amides is 1. The molecule has 2 rings (SSSR count). The molecule has 0 unspecified atom stereocenters. The number of hydrogen-bond acceptors (Lipinski definition) is 5. The number of carbonyl (C=O) groups is 2. The van der Waals surface area contributed by atoms with E-state index in [0.29, 0.717) is 43.2 Å². The highest BCUT2D eigenvalue weighted by atomic mass is 16.5. The predicted octanol–water partition coefficient (Wildman–Crippen LogP) is 3.14. The molecular weight excluding hydrogens is 362 g/mol. The molecule has 1 amide bonds. The molecule has 2 aromatic carbocycles. The van der Waals surface area contributed by atoms with Crippen LogP contribution in [-0.4, -0.2) is 43.4 Å². The largest absolute Gasteiger partial charge is 0.493 e. The van der Waals surface area contributed by atoms with Gasteiger partial charge < -0.3 is 24.6 Å².